The minimum atomic E-state index is -0.554. The van der Waals surface area contributed by atoms with Crippen LogP contribution in [0.3, 0.4) is 0 Å². The van der Waals surface area contributed by atoms with Crippen LogP contribution in [0.1, 0.15) is 37.8 Å². The first-order valence-corrected chi connectivity index (χ1v) is 7.60. The van der Waals surface area contributed by atoms with Crippen LogP contribution in [0.5, 0.6) is 5.75 Å². The topological polar surface area (TPSA) is 38.3 Å². The second-order valence-corrected chi connectivity index (χ2v) is 5.81. The van der Waals surface area contributed by atoms with Gasteiger partial charge in [-0.05, 0) is 43.5 Å². The zero-order valence-electron chi connectivity index (χ0n) is 13.6. The smallest absolute Gasteiger partial charge is 0.265 e. The molecule has 1 N–H and O–H groups in total. The number of benzene rings is 2. The zero-order valence-corrected chi connectivity index (χ0v) is 13.6. The standard InChI is InChI=1S/C19H23NO2/c1-13(2)17-7-5-6-8-18(17)22-15(4)19(21)20-16-11-9-14(3)10-12-16/h5-13,15H,1-4H3,(H,20,21)/t15-/m0/s1. The van der Waals surface area contributed by atoms with Gasteiger partial charge in [0.15, 0.2) is 6.10 Å². The van der Waals surface area contributed by atoms with E-state index in [-0.39, 0.29) is 5.91 Å². The van der Waals surface area contributed by atoms with E-state index in [4.69, 9.17) is 4.74 Å². The van der Waals surface area contributed by atoms with Crippen molar-refractivity contribution in [1.82, 2.24) is 0 Å². The van der Waals surface area contributed by atoms with Gasteiger partial charge in [0.25, 0.3) is 5.91 Å². The van der Waals surface area contributed by atoms with Gasteiger partial charge in [-0.2, -0.15) is 0 Å². The summed E-state index contributed by atoms with van der Waals surface area (Å²) in [5.74, 6) is 0.968. The zero-order chi connectivity index (χ0) is 16.1. The van der Waals surface area contributed by atoms with Crippen LogP contribution in [0.15, 0.2) is 48.5 Å². The van der Waals surface area contributed by atoms with Gasteiger partial charge in [0, 0.05) is 5.69 Å². The summed E-state index contributed by atoms with van der Waals surface area (Å²) in [6.07, 6.45) is -0.554. The molecule has 0 aromatic heterocycles. The van der Waals surface area contributed by atoms with Gasteiger partial charge in [-0.15, -0.1) is 0 Å². The van der Waals surface area contributed by atoms with Crippen molar-refractivity contribution >= 4 is 11.6 Å². The van der Waals surface area contributed by atoms with E-state index in [9.17, 15) is 4.79 Å². The molecule has 0 bridgehead atoms. The van der Waals surface area contributed by atoms with E-state index >= 15 is 0 Å². The fourth-order valence-electron chi connectivity index (χ4n) is 2.19. The highest BCUT2D eigenvalue weighted by molar-refractivity contribution is 5.94. The summed E-state index contributed by atoms with van der Waals surface area (Å²) in [5, 5.41) is 2.87. The molecule has 0 unspecified atom stereocenters. The quantitative estimate of drug-likeness (QED) is 0.881. The molecule has 2 aromatic carbocycles. The Hall–Kier alpha value is -2.29. The number of carbonyl (C=O) groups excluding carboxylic acids is 1. The lowest BCUT2D eigenvalue weighted by Gasteiger charge is -2.18. The average Bonchev–Trinajstić information content (AvgIpc) is 2.49. The first-order chi connectivity index (χ1) is 10.5. The van der Waals surface area contributed by atoms with E-state index in [1.54, 1.807) is 6.92 Å². The lowest BCUT2D eigenvalue weighted by atomic mass is 10.0. The molecule has 0 spiro atoms. The predicted molar refractivity (Wildman–Crippen MR) is 90.4 cm³/mol. The summed E-state index contributed by atoms with van der Waals surface area (Å²) in [6, 6.07) is 15.6. The number of para-hydroxylation sites is 1. The lowest BCUT2D eigenvalue weighted by Crippen LogP contribution is -2.30. The van der Waals surface area contributed by atoms with Gasteiger partial charge < -0.3 is 10.1 Å². The fourth-order valence-corrected chi connectivity index (χ4v) is 2.19. The molecule has 3 nitrogen and oxygen atoms in total. The molecule has 2 aromatic rings. The van der Waals surface area contributed by atoms with E-state index in [1.165, 1.54) is 0 Å². The molecule has 0 fully saturated rings. The Kier molecular flexibility index (Phi) is 5.21. The van der Waals surface area contributed by atoms with Crippen molar-refractivity contribution in [3.63, 3.8) is 0 Å². The van der Waals surface area contributed by atoms with Crippen molar-refractivity contribution in [2.45, 2.75) is 39.7 Å². The maximum atomic E-state index is 12.2. The fraction of sp³-hybridized carbons (Fsp3) is 0.316. The Morgan fingerprint density at radius 3 is 2.27 bits per heavy atom. The molecule has 2 rings (SSSR count). The highest BCUT2D eigenvalue weighted by atomic mass is 16.5. The molecule has 0 heterocycles. The molecule has 0 radical (unpaired) electrons. The van der Waals surface area contributed by atoms with Gasteiger partial charge in [-0.1, -0.05) is 49.7 Å². The van der Waals surface area contributed by atoms with Crippen LogP contribution in [0, 0.1) is 6.92 Å². The second-order valence-electron chi connectivity index (χ2n) is 5.81. The first-order valence-electron chi connectivity index (χ1n) is 7.60. The molecule has 0 aliphatic heterocycles. The Balaban J connectivity index is 2.04. The maximum Gasteiger partial charge on any atom is 0.265 e. The number of nitrogens with one attached hydrogen (secondary N) is 1. The van der Waals surface area contributed by atoms with Gasteiger partial charge in [0.2, 0.25) is 0 Å². The second kappa shape index (κ2) is 7.12. The van der Waals surface area contributed by atoms with Crippen LogP contribution in [0.2, 0.25) is 0 Å². The summed E-state index contributed by atoms with van der Waals surface area (Å²) in [5.41, 5.74) is 3.05. The Labute approximate surface area is 132 Å². The lowest BCUT2D eigenvalue weighted by molar-refractivity contribution is -0.122. The summed E-state index contributed by atoms with van der Waals surface area (Å²) < 4.78 is 5.85. The van der Waals surface area contributed by atoms with Crippen LogP contribution in [0.4, 0.5) is 5.69 Å². The summed E-state index contributed by atoms with van der Waals surface area (Å²) in [6.45, 7) is 8.00. The largest absolute Gasteiger partial charge is 0.481 e. The van der Waals surface area contributed by atoms with Crippen molar-refractivity contribution < 1.29 is 9.53 Å². The average molecular weight is 297 g/mol. The minimum Gasteiger partial charge on any atom is -0.481 e. The van der Waals surface area contributed by atoms with Crippen molar-refractivity contribution in [2.75, 3.05) is 5.32 Å². The van der Waals surface area contributed by atoms with Crippen LogP contribution in [-0.4, -0.2) is 12.0 Å². The van der Waals surface area contributed by atoms with Gasteiger partial charge in [-0.25, -0.2) is 0 Å². The van der Waals surface area contributed by atoms with Crippen molar-refractivity contribution in [3.05, 3.63) is 59.7 Å². The SMILES string of the molecule is Cc1ccc(NC(=O)[C@H](C)Oc2ccccc2C(C)C)cc1. The number of rotatable bonds is 5. The minimum absolute atomic E-state index is 0.151. The third kappa shape index (κ3) is 4.10. The first kappa shape index (κ1) is 16.1. The normalized spacial score (nSPS) is 12.0. The number of aryl methyl sites for hydroxylation is 1. The molecule has 0 aliphatic carbocycles. The molecule has 22 heavy (non-hydrogen) atoms. The summed E-state index contributed by atoms with van der Waals surface area (Å²) in [4.78, 5) is 12.2. The van der Waals surface area contributed by atoms with E-state index in [0.29, 0.717) is 5.92 Å². The molecular weight excluding hydrogens is 274 g/mol. The van der Waals surface area contributed by atoms with Gasteiger partial charge >= 0.3 is 0 Å². The van der Waals surface area contributed by atoms with Gasteiger partial charge in [0.05, 0.1) is 0 Å². The predicted octanol–water partition coefficient (Wildman–Crippen LogP) is 4.52. The molecular formula is C19H23NO2. The van der Waals surface area contributed by atoms with Gasteiger partial charge in [-0.3, -0.25) is 4.79 Å². The Morgan fingerprint density at radius 2 is 1.64 bits per heavy atom. The van der Waals surface area contributed by atoms with Crippen LogP contribution in [-0.2, 0) is 4.79 Å². The van der Waals surface area contributed by atoms with Gasteiger partial charge in [0.1, 0.15) is 5.75 Å². The molecule has 3 heteroatoms. The number of hydrogen-bond acceptors (Lipinski definition) is 2. The molecule has 0 saturated heterocycles. The number of hydrogen-bond donors (Lipinski definition) is 1. The van der Waals surface area contributed by atoms with E-state index < -0.39 is 6.10 Å². The van der Waals surface area contributed by atoms with Crippen LogP contribution >= 0.6 is 0 Å². The molecule has 116 valence electrons. The van der Waals surface area contributed by atoms with E-state index in [0.717, 1.165) is 22.6 Å². The third-order valence-electron chi connectivity index (χ3n) is 3.53. The van der Waals surface area contributed by atoms with Crippen molar-refractivity contribution in [1.29, 1.82) is 0 Å². The summed E-state index contributed by atoms with van der Waals surface area (Å²) >= 11 is 0. The molecule has 1 amide bonds. The third-order valence-corrected chi connectivity index (χ3v) is 3.53. The van der Waals surface area contributed by atoms with Crippen molar-refractivity contribution in [2.24, 2.45) is 0 Å². The maximum absolute atomic E-state index is 12.2. The van der Waals surface area contributed by atoms with E-state index in [1.807, 2.05) is 55.5 Å². The molecule has 0 saturated carbocycles. The van der Waals surface area contributed by atoms with Crippen LogP contribution in [0.25, 0.3) is 0 Å². The molecule has 0 aliphatic rings. The monoisotopic (exact) mass is 297 g/mol. The van der Waals surface area contributed by atoms with Crippen molar-refractivity contribution in [3.8, 4) is 5.75 Å². The number of anilines is 1. The summed E-state index contributed by atoms with van der Waals surface area (Å²) in [7, 11) is 0. The highest BCUT2D eigenvalue weighted by Gasteiger charge is 2.17. The highest BCUT2D eigenvalue weighted by Crippen LogP contribution is 2.26. The number of ether oxygens (including phenoxy) is 1. The number of amides is 1. The Morgan fingerprint density at radius 1 is 1.00 bits per heavy atom. The van der Waals surface area contributed by atoms with Crippen LogP contribution < -0.4 is 10.1 Å². The van der Waals surface area contributed by atoms with E-state index in [2.05, 4.69) is 19.2 Å². The Bertz CT molecular complexity index is 632. The number of carbonyl (C=O) groups is 1. The molecule has 1 atom stereocenters.